The number of ether oxygens (including phenoxy) is 1. The number of methoxy groups -OCH3 is 1. The molecular weight excluding hydrogens is 505 g/mol. The molecule has 10 heteroatoms. The van der Waals surface area contributed by atoms with Gasteiger partial charge in [-0.2, -0.15) is 0 Å². The second-order valence-corrected chi connectivity index (χ2v) is 9.28. The van der Waals surface area contributed by atoms with E-state index in [1.807, 2.05) is 59.2 Å². The number of halogens is 2. The zero-order valence-corrected chi connectivity index (χ0v) is 21.2. The number of amides is 2. The molecule has 0 spiro atoms. The van der Waals surface area contributed by atoms with E-state index in [4.69, 9.17) is 27.9 Å². The number of carbonyl (C=O) groups is 1. The second kappa shape index (κ2) is 12.0. The van der Waals surface area contributed by atoms with Crippen LogP contribution in [0, 0.1) is 0 Å². The summed E-state index contributed by atoms with van der Waals surface area (Å²) in [6, 6.07) is 22.4. The van der Waals surface area contributed by atoms with Crippen LogP contribution in [0.25, 0.3) is 5.69 Å². The Bertz CT molecular complexity index is 1300. The number of hydrogen-bond acceptors (Lipinski definition) is 5. The van der Waals surface area contributed by atoms with E-state index >= 15 is 0 Å². The van der Waals surface area contributed by atoms with E-state index in [1.165, 1.54) is 11.8 Å². The highest BCUT2D eigenvalue weighted by Gasteiger charge is 2.18. The van der Waals surface area contributed by atoms with E-state index in [0.717, 1.165) is 16.9 Å². The molecule has 35 heavy (non-hydrogen) atoms. The van der Waals surface area contributed by atoms with E-state index < -0.39 is 0 Å². The molecule has 0 atom stereocenters. The molecule has 3 aromatic carbocycles. The fourth-order valence-electron chi connectivity index (χ4n) is 3.32. The number of thioether (sulfide) groups is 1. The molecule has 0 unspecified atom stereocenters. The number of nitrogens with one attached hydrogen (secondary N) is 2. The number of aromatic nitrogens is 3. The van der Waals surface area contributed by atoms with Gasteiger partial charge in [0.1, 0.15) is 5.75 Å². The van der Waals surface area contributed by atoms with Crippen molar-refractivity contribution in [1.29, 1.82) is 0 Å². The Balaban J connectivity index is 1.51. The highest BCUT2D eigenvalue weighted by atomic mass is 35.5. The smallest absolute Gasteiger partial charge is 0.315 e. The molecule has 0 saturated heterocycles. The van der Waals surface area contributed by atoms with Crippen LogP contribution in [0.1, 0.15) is 17.0 Å². The Morgan fingerprint density at radius 2 is 1.71 bits per heavy atom. The number of rotatable bonds is 9. The van der Waals surface area contributed by atoms with Gasteiger partial charge in [-0.1, -0.05) is 77.4 Å². The first-order valence-electron chi connectivity index (χ1n) is 10.7. The van der Waals surface area contributed by atoms with Gasteiger partial charge in [-0.25, -0.2) is 4.79 Å². The zero-order chi connectivity index (χ0) is 24.6. The molecule has 1 heterocycles. The average Bonchev–Trinajstić information content (AvgIpc) is 3.29. The third-order valence-electron chi connectivity index (χ3n) is 5.05. The van der Waals surface area contributed by atoms with Crippen LogP contribution >= 0.6 is 35.0 Å². The molecule has 7 nitrogen and oxygen atoms in total. The van der Waals surface area contributed by atoms with Crippen LogP contribution < -0.4 is 15.4 Å². The molecule has 0 bridgehead atoms. The van der Waals surface area contributed by atoms with E-state index in [-0.39, 0.29) is 12.6 Å². The average molecular weight is 528 g/mol. The standard InChI is InChI=1S/C25H23Cl2N5O2S/c1-34-20-9-5-8-18(12-20)16-35-25-31-30-23(32(25)22-13-19(26)10-11-21(22)27)15-29-24(33)28-14-17-6-3-2-4-7-17/h2-13H,14-16H2,1H3,(H2,28,29,33). The van der Waals surface area contributed by atoms with Crippen molar-refractivity contribution in [1.82, 2.24) is 25.4 Å². The first-order valence-corrected chi connectivity index (χ1v) is 12.5. The maximum atomic E-state index is 12.4. The summed E-state index contributed by atoms with van der Waals surface area (Å²) in [4.78, 5) is 12.4. The van der Waals surface area contributed by atoms with E-state index in [0.29, 0.717) is 39.0 Å². The molecule has 180 valence electrons. The Morgan fingerprint density at radius 1 is 0.943 bits per heavy atom. The number of nitrogens with zero attached hydrogens (tertiary/aromatic N) is 3. The molecule has 0 radical (unpaired) electrons. The molecule has 4 rings (SSSR count). The minimum Gasteiger partial charge on any atom is -0.497 e. The predicted octanol–water partition coefficient (Wildman–Crippen LogP) is 5.87. The second-order valence-electron chi connectivity index (χ2n) is 7.49. The van der Waals surface area contributed by atoms with Crippen LogP contribution in [0.4, 0.5) is 4.79 Å². The Labute approximate surface area is 217 Å². The van der Waals surface area contributed by atoms with Crippen LogP contribution in [0.15, 0.2) is 78.0 Å². The molecule has 0 saturated carbocycles. The van der Waals surface area contributed by atoms with Gasteiger partial charge in [-0.15, -0.1) is 10.2 Å². The van der Waals surface area contributed by atoms with Gasteiger partial charge < -0.3 is 15.4 Å². The van der Waals surface area contributed by atoms with Gasteiger partial charge in [0.2, 0.25) is 0 Å². The van der Waals surface area contributed by atoms with Crippen LogP contribution in [0.2, 0.25) is 10.0 Å². The minimum absolute atomic E-state index is 0.149. The summed E-state index contributed by atoms with van der Waals surface area (Å²) < 4.78 is 7.13. The third kappa shape index (κ3) is 6.69. The monoisotopic (exact) mass is 527 g/mol. The maximum absolute atomic E-state index is 12.4. The summed E-state index contributed by atoms with van der Waals surface area (Å²) in [5.74, 6) is 1.95. The summed E-state index contributed by atoms with van der Waals surface area (Å²) in [6.45, 7) is 0.567. The van der Waals surface area contributed by atoms with Gasteiger partial charge in [0.15, 0.2) is 11.0 Å². The number of benzene rings is 3. The Kier molecular flexibility index (Phi) is 8.52. The molecule has 0 aliphatic rings. The van der Waals surface area contributed by atoms with Gasteiger partial charge >= 0.3 is 6.03 Å². The molecule has 2 N–H and O–H groups in total. The van der Waals surface area contributed by atoms with E-state index in [9.17, 15) is 4.79 Å². The van der Waals surface area contributed by atoms with Gasteiger partial charge in [0.05, 0.1) is 24.4 Å². The number of carbonyl (C=O) groups excluding carboxylic acids is 1. The van der Waals surface area contributed by atoms with Gasteiger partial charge in [0, 0.05) is 17.3 Å². The SMILES string of the molecule is COc1cccc(CSc2nnc(CNC(=O)NCc3ccccc3)n2-c2cc(Cl)ccc2Cl)c1. The quantitative estimate of drug-likeness (QED) is 0.266. The highest BCUT2D eigenvalue weighted by Crippen LogP contribution is 2.31. The van der Waals surface area contributed by atoms with Crippen LogP contribution in [-0.2, 0) is 18.8 Å². The molecule has 1 aromatic heterocycles. The largest absolute Gasteiger partial charge is 0.497 e. The van der Waals surface area contributed by atoms with Crippen molar-refractivity contribution in [2.75, 3.05) is 7.11 Å². The third-order valence-corrected chi connectivity index (χ3v) is 6.61. The fourth-order valence-corrected chi connectivity index (χ4v) is 4.59. The van der Waals surface area contributed by atoms with Gasteiger partial charge in [-0.05, 0) is 41.5 Å². The summed E-state index contributed by atoms with van der Waals surface area (Å²) in [7, 11) is 1.64. The molecule has 0 fully saturated rings. The molecule has 0 aliphatic carbocycles. The molecule has 0 aliphatic heterocycles. The van der Waals surface area contributed by atoms with Gasteiger partial charge in [-0.3, -0.25) is 4.57 Å². The van der Waals surface area contributed by atoms with Crippen molar-refractivity contribution >= 4 is 41.0 Å². The van der Waals surface area contributed by atoms with E-state index in [1.54, 1.807) is 25.3 Å². The fraction of sp³-hybridized carbons (Fsp3) is 0.160. The highest BCUT2D eigenvalue weighted by molar-refractivity contribution is 7.98. The Hall–Kier alpha value is -3.20. The van der Waals surface area contributed by atoms with Crippen LogP contribution in [0.3, 0.4) is 0 Å². The minimum atomic E-state index is -0.314. The number of urea groups is 1. The van der Waals surface area contributed by atoms with Crippen LogP contribution in [0.5, 0.6) is 5.75 Å². The van der Waals surface area contributed by atoms with Crippen molar-refractivity contribution in [3.05, 3.63) is 99.8 Å². The first-order chi connectivity index (χ1) is 17.0. The maximum Gasteiger partial charge on any atom is 0.315 e. The van der Waals surface area contributed by atoms with Crippen LogP contribution in [-0.4, -0.2) is 27.9 Å². The van der Waals surface area contributed by atoms with Gasteiger partial charge in [0.25, 0.3) is 0 Å². The lowest BCUT2D eigenvalue weighted by molar-refractivity contribution is 0.240. The molecule has 4 aromatic rings. The lowest BCUT2D eigenvalue weighted by Crippen LogP contribution is -2.35. The molecule has 2 amide bonds. The summed E-state index contributed by atoms with van der Waals surface area (Å²) >= 11 is 14.3. The molecular formula is C25H23Cl2N5O2S. The lowest BCUT2D eigenvalue weighted by Gasteiger charge is -2.13. The summed E-state index contributed by atoms with van der Waals surface area (Å²) in [5, 5.41) is 16.0. The topological polar surface area (TPSA) is 81.1 Å². The van der Waals surface area contributed by atoms with Crippen molar-refractivity contribution in [3.63, 3.8) is 0 Å². The lowest BCUT2D eigenvalue weighted by atomic mass is 10.2. The van der Waals surface area contributed by atoms with Crippen molar-refractivity contribution in [2.24, 2.45) is 0 Å². The van der Waals surface area contributed by atoms with Crippen molar-refractivity contribution in [3.8, 4) is 11.4 Å². The zero-order valence-electron chi connectivity index (χ0n) is 18.9. The normalized spacial score (nSPS) is 10.7. The number of hydrogen-bond donors (Lipinski definition) is 2. The van der Waals surface area contributed by atoms with Crippen molar-refractivity contribution < 1.29 is 9.53 Å². The summed E-state index contributed by atoms with van der Waals surface area (Å²) in [6.07, 6.45) is 0. The summed E-state index contributed by atoms with van der Waals surface area (Å²) in [5.41, 5.74) is 2.72. The Morgan fingerprint density at radius 3 is 2.51 bits per heavy atom. The van der Waals surface area contributed by atoms with E-state index in [2.05, 4.69) is 20.8 Å². The first kappa shape index (κ1) is 24.9. The van der Waals surface area contributed by atoms with Crippen molar-refractivity contribution in [2.45, 2.75) is 24.0 Å². The predicted molar refractivity (Wildman–Crippen MR) is 139 cm³/mol.